The lowest BCUT2D eigenvalue weighted by atomic mass is 9.73. The van der Waals surface area contributed by atoms with Crippen molar-refractivity contribution >= 4 is 15.8 Å². The summed E-state index contributed by atoms with van der Waals surface area (Å²) in [7, 11) is -1.64. The van der Waals surface area contributed by atoms with Crippen LogP contribution in [0.15, 0.2) is 24.4 Å². The molecule has 0 bridgehead atoms. The van der Waals surface area contributed by atoms with Crippen molar-refractivity contribution in [1.82, 2.24) is 4.98 Å². The van der Waals surface area contributed by atoms with E-state index in [0.717, 1.165) is 12.8 Å². The van der Waals surface area contributed by atoms with Crippen LogP contribution in [0, 0.1) is 11.3 Å². The van der Waals surface area contributed by atoms with E-state index in [1.165, 1.54) is 17.1 Å². The van der Waals surface area contributed by atoms with Crippen LogP contribution in [0.5, 0.6) is 0 Å². The molecule has 4 nitrogen and oxygen atoms in total. The summed E-state index contributed by atoms with van der Waals surface area (Å²) in [6.07, 6.45) is 6.42. The number of hydrogen-bond acceptors (Lipinski definition) is 3. The molecule has 2 aliphatic rings. The van der Waals surface area contributed by atoms with Crippen molar-refractivity contribution in [3.05, 3.63) is 24.4 Å². The molecule has 2 saturated carbocycles. The highest BCUT2D eigenvalue weighted by atomic mass is 32.2. The molecule has 1 aromatic heterocycles. The molecule has 98 valence electrons. The first-order valence-electron chi connectivity index (χ1n) is 6.38. The Hall–Kier alpha value is -1.10. The van der Waals surface area contributed by atoms with Crippen molar-refractivity contribution in [2.45, 2.75) is 25.7 Å². The Morgan fingerprint density at radius 1 is 1.39 bits per heavy atom. The average molecular weight is 266 g/mol. The van der Waals surface area contributed by atoms with E-state index in [4.69, 9.17) is 0 Å². The smallest absolute Gasteiger partial charge is 0.236 e. The molecule has 18 heavy (non-hydrogen) atoms. The lowest BCUT2D eigenvalue weighted by molar-refractivity contribution is 0.189. The van der Waals surface area contributed by atoms with E-state index in [2.05, 4.69) is 4.98 Å². The van der Waals surface area contributed by atoms with Gasteiger partial charge in [0.05, 0.1) is 5.75 Å². The van der Waals surface area contributed by atoms with Crippen LogP contribution >= 0.6 is 0 Å². The first kappa shape index (κ1) is 12.0. The summed E-state index contributed by atoms with van der Waals surface area (Å²) in [5, 5.41) is 0. The highest BCUT2D eigenvalue weighted by Gasteiger charge is 2.53. The Morgan fingerprint density at radius 2 is 2.11 bits per heavy atom. The maximum absolute atomic E-state index is 12.3. The molecule has 1 aromatic rings. The maximum Gasteiger partial charge on any atom is 0.236 e. The van der Waals surface area contributed by atoms with Crippen molar-refractivity contribution < 1.29 is 8.42 Å². The molecule has 1 heterocycles. The fourth-order valence-electron chi connectivity index (χ4n) is 2.96. The van der Waals surface area contributed by atoms with E-state index < -0.39 is 10.0 Å². The highest BCUT2D eigenvalue weighted by molar-refractivity contribution is 7.92. The Kier molecular flexibility index (Phi) is 2.62. The SMILES string of the molecule is CN(c1ccccn1)S(=O)(=O)CC1CC2(CC2)C1. The van der Waals surface area contributed by atoms with Crippen LogP contribution in [-0.4, -0.2) is 26.2 Å². The van der Waals surface area contributed by atoms with Gasteiger partial charge in [-0.1, -0.05) is 6.07 Å². The largest absolute Gasteiger partial charge is 0.257 e. The number of anilines is 1. The first-order valence-corrected chi connectivity index (χ1v) is 7.99. The number of rotatable bonds is 4. The molecule has 0 aliphatic heterocycles. The summed E-state index contributed by atoms with van der Waals surface area (Å²) in [4.78, 5) is 4.08. The molecule has 1 spiro atoms. The molecule has 0 saturated heterocycles. The van der Waals surface area contributed by atoms with Crippen LogP contribution in [-0.2, 0) is 10.0 Å². The van der Waals surface area contributed by atoms with Crippen LogP contribution < -0.4 is 4.31 Å². The summed E-state index contributed by atoms with van der Waals surface area (Å²) in [6.45, 7) is 0. The molecule has 3 rings (SSSR count). The van der Waals surface area contributed by atoms with Gasteiger partial charge in [-0.15, -0.1) is 0 Å². The van der Waals surface area contributed by atoms with Crippen molar-refractivity contribution in [2.24, 2.45) is 11.3 Å². The van der Waals surface area contributed by atoms with Gasteiger partial charge >= 0.3 is 0 Å². The van der Waals surface area contributed by atoms with Crippen LogP contribution in [0.4, 0.5) is 5.82 Å². The predicted octanol–water partition coefficient (Wildman–Crippen LogP) is 2.04. The molecule has 0 amide bonds. The van der Waals surface area contributed by atoms with Gasteiger partial charge in [-0.2, -0.15) is 0 Å². The highest BCUT2D eigenvalue weighted by Crippen LogP contribution is 2.63. The van der Waals surface area contributed by atoms with Gasteiger partial charge in [0, 0.05) is 13.2 Å². The minimum Gasteiger partial charge on any atom is -0.257 e. The second-order valence-corrected chi connectivity index (χ2v) is 7.75. The third kappa shape index (κ3) is 2.11. The summed E-state index contributed by atoms with van der Waals surface area (Å²) < 4.78 is 25.8. The average Bonchev–Trinajstić information content (AvgIpc) is 3.09. The van der Waals surface area contributed by atoms with Crippen molar-refractivity contribution in [2.75, 3.05) is 17.1 Å². The summed E-state index contributed by atoms with van der Waals surface area (Å²) >= 11 is 0. The van der Waals surface area contributed by atoms with Crippen molar-refractivity contribution in [3.8, 4) is 0 Å². The lowest BCUT2D eigenvalue weighted by Gasteiger charge is -2.36. The number of hydrogen-bond donors (Lipinski definition) is 0. The van der Waals surface area contributed by atoms with E-state index in [1.54, 1.807) is 31.4 Å². The summed E-state index contributed by atoms with van der Waals surface area (Å²) in [6, 6.07) is 5.31. The number of nitrogens with zero attached hydrogens (tertiary/aromatic N) is 2. The summed E-state index contributed by atoms with van der Waals surface area (Å²) in [5.74, 6) is 1.11. The first-order chi connectivity index (χ1) is 8.51. The Balaban J connectivity index is 1.66. The predicted molar refractivity (Wildman–Crippen MR) is 70.8 cm³/mol. The lowest BCUT2D eigenvalue weighted by Crippen LogP contribution is -2.37. The van der Waals surface area contributed by atoms with Gasteiger partial charge in [0.15, 0.2) is 0 Å². The second-order valence-electron chi connectivity index (χ2n) is 5.71. The van der Waals surface area contributed by atoms with Gasteiger partial charge in [0.2, 0.25) is 10.0 Å². The third-order valence-corrected chi connectivity index (χ3v) is 6.15. The standard InChI is InChI=1S/C13H18N2O2S/c1-15(12-4-2-3-7-14-12)18(16,17)10-11-8-13(9-11)5-6-13/h2-4,7,11H,5-6,8-10H2,1H3. The minimum atomic E-state index is -3.22. The van der Waals surface area contributed by atoms with Crippen LogP contribution in [0.1, 0.15) is 25.7 Å². The summed E-state index contributed by atoms with van der Waals surface area (Å²) in [5.41, 5.74) is 0.559. The molecule has 0 unspecified atom stereocenters. The van der Waals surface area contributed by atoms with E-state index >= 15 is 0 Å². The molecule has 0 aromatic carbocycles. The van der Waals surface area contributed by atoms with Crippen LogP contribution in [0.3, 0.4) is 0 Å². The molecular weight excluding hydrogens is 248 g/mol. The Labute approximate surface area is 108 Å². The number of sulfonamides is 1. The zero-order valence-electron chi connectivity index (χ0n) is 10.5. The maximum atomic E-state index is 12.3. The normalized spacial score (nSPS) is 21.6. The fourth-order valence-corrected chi connectivity index (χ4v) is 4.41. The molecule has 0 N–H and O–H groups in total. The fraction of sp³-hybridized carbons (Fsp3) is 0.615. The molecular formula is C13H18N2O2S. The second kappa shape index (κ2) is 3.95. The zero-order valence-corrected chi connectivity index (χ0v) is 11.4. The monoisotopic (exact) mass is 266 g/mol. The quantitative estimate of drug-likeness (QED) is 0.838. The minimum absolute atomic E-state index is 0.266. The van der Waals surface area contributed by atoms with E-state index in [-0.39, 0.29) is 5.75 Å². The number of aromatic nitrogens is 1. The molecule has 2 aliphatic carbocycles. The van der Waals surface area contributed by atoms with Gasteiger partial charge < -0.3 is 0 Å². The molecule has 2 fully saturated rings. The van der Waals surface area contributed by atoms with Crippen molar-refractivity contribution in [1.29, 1.82) is 0 Å². The Morgan fingerprint density at radius 3 is 2.67 bits per heavy atom. The van der Waals surface area contributed by atoms with Gasteiger partial charge in [-0.25, -0.2) is 13.4 Å². The van der Waals surface area contributed by atoms with E-state index in [9.17, 15) is 8.42 Å². The van der Waals surface area contributed by atoms with E-state index in [0.29, 0.717) is 17.2 Å². The topological polar surface area (TPSA) is 50.3 Å². The molecule has 0 atom stereocenters. The molecule has 0 radical (unpaired) electrons. The van der Waals surface area contributed by atoms with Gasteiger partial charge in [-0.3, -0.25) is 4.31 Å². The third-order valence-electron chi connectivity index (χ3n) is 4.24. The Bertz CT molecular complexity index is 529. The van der Waals surface area contributed by atoms with Crippen LogP contribution in [0.25, 0.3) is 0 Å². The number of pyridine rings is 1. The van der Waals surface area contributed by atoms with Crippen molar-refractivity contribution in [3.63, 3.8) is 0 Å². The van der Waals surface area contributed by atoms with Gasteiger partial charge in [0.25, 0.3) is 0 Å². The van der Waals surface area contributed by atoms with E-state index in [1.807, 2.05) is 0 Å². The van der Waals surface area contributed by atoms with Crippen LogP contribution in [0.2, 0.25) is 0 Å². The zero-order chi connectivity index (χ0) is 12.8. The van der Waals surface area contributed by atoms with Gasteiger partial charge in [-0.05, 0) is 49.1 Å². The molecule has 5 heteroatoms. The van der Waals surface area contributed by atoms with Gasteiger partial charge in [0.1, 0.15) is 5.82 Å².